The Hall–Kier alpha value is -1.34. The highest BCUT2D eigenvalue weighted by Crippen LogP contribution is 2.42. The van der Waals surface area contributed by atoms with Crippen molar-refractivity contribution < 1.29 is 24.5 Å². The number of carboxylic acid groups (broad SMARTS) is 1. The van der Waals surface area contributed by atoms with Crippen molar-refractivity contribution in [3.05, 3.63) is 0 Å². The van der Waals surface area contributed by atoms with E-state index < -0.39 is 18.1 Å². The highest BCUT2D eigenvalue weighted by atomic mass is 16.5. The molecule has 1 saturated carbocycles. The number of amides is 2. The van der Waals surface area contributed by atoms with Crippen LogP contribution in [0.2, 0.25) is 0 Å². The van der Waals surface area contributed by atoms with E-state index in [0.717, 1.165) is 6.42 Å². The third-order valence-corrected chi connectivity index (χ3v) is 3.51. The normalized spacial score (nSPS) is 26.9. The van der Waals surface area contributed by atoms with E-state index in [0.29, 0.717) is 0 Å². The van der Waals surface area contributed by atoms with E-state index in [2.05, 4.69) is 10.6 Å². The number of hydrogen-bond donors (Lipinski definition) is 4. The summed E-state index contributed by atoms with van der Waals surface area (Å²) in [6.45, 7) is 3.66. The fourth-order valence-electron chi connectivity index (χ4n) is 2.02. The maximum absolute atomic E-state index is 11.5. The standard InChI is InChI=1S/C11H20N2O5/c1-11(2)7(4-8(11)18-3)13-10(17)12-5-6(14)9(15)16/h6-8,14H,4-5H2,1-3H3,(H,15,16)(H2,12,13,17). The number of methoxy groups -OCH3 is 1. The van der Waals surface area contributed by atoms with Crippen LogP contribution in [0.15, 0.2) is 0 Å². The van der Waals surface area contributed by atoms with Gasteiger partial charge in [-0.05, 0) is 6.42 Å². The van der Waals surface area contributed by atoms with Gasteiger partial charge >= 0.3 is 12.0 Å². The molecule has 104 valence electrons. The Balaban J connectivity index is 2.32. The average molecular weight is 260 g/mol. The monoisotopic (exact) mass is 260 g/mol. The van der Waals surface area contributed by atoms with Gasteiger partial charge in [-0.3, -0.25) is 0 Å². The lowest BCUT2D eigenvalue weighted by atomic mass is 9.64. The second-order valence-electron chi connectivity index (χ2n) is 5.04. The number of carbonyl (C=O) groups excluding carboxylic acids is 1. The molecule has 1 fully saturated rings. The molecular weight excluding hydrogens is 240 g/mol. The van der Waals surface area contributed by atoms with Crippen molar-refractivity contribution in [3.63, 3.8) is 0 Å². The molecule has 7 heteroatoms. The Morgan fingerprint density at radius 1 is 1.50 bits per heavy atom. The van der Waals surface area contributed by atoms with Crippen LogP contribution in [0.5, 0.6) is 0 Å². The predicted molar refractivity (Wildman–Crippen MR) is 63.2 cm³/mol. The van der Waals surface area contributed by atoms with Crippen LogP contribution in [0.4, 0.5) is 4.79 Å². The van der Waals surface area contributed by atoms with Crippen molar-refractivity contribution in [1.82, 2.24) is 10.6 Å². The number of aliphatic carboxylic acids is 1. The lowest BCUT2D eigenvalue weighted by Crippen LogP contribution is -2.63. The molecule has 3 unspecified atom stereocenters. The van der Waals surface area contributed by atoms with Crippen LogP contribution in [0.25, 0.3) is 0 Å². The molecule has 0 spiro atoms. The molecule has 3 atom stereocenters. The van der Waals surface area contributed by atoms with Crippen molar-refractivity contribution in [2.75, 3.05) is 13.7 Å². The second-order valence-corrected chi connectivity index (χ2v) is 5.04. The molecule has 0 aromatic rings. The quantitative estimate of drug-likeness (QED) is 0.535. The highest BCUT2D eigenvalue weighted by molar-refractivity contribution is 5.77. The summed E-state index contributed by atoms with van der Waals surface area (Å²) in [7, 11) is 1.63. The number of carbonyl (C=O) groups is 2. The first-order valence-electron chi connectivity index (χ1n) is 5.77. The summed E-state index contributed by atoms with van der Waals surface area (Å²) >= 11 is 0. The first-order chi connectivity index (χ1) is 8.28. The SMILES string of the molecule is COC1CC(NC(=O)NCC(O)C(=O)O)C1(C)C. The van der Waals surface area contributed by atoms with E-state index >= 15 is 0 Å². The molecule has 0 bridgehead atoms. The molecule has 2 amide bonds. The third kappa shape index (κ3) is 3.11. The van der Waals surface area contributed by atoms with Gasteiger partial charge < -0.3 is 25.6 Å². The van der Waals surface area contributed by atoms with Crippen molar-refractivity contribution in [3.8, 4) is 0 Å². The van der Waals surface area contributed by atoms with E-state index in [1.165, 1.54) is 0 Å². The zero-order valence-corrected chi connectivity index (χ0v) is 10.8. The Labute approximate surface area is 106 Å². The van der Waals surface area contributed by atoms with E-state index in [1.807, 2.05) is 13.8 Å². The van der Waals surface area contributed by atoms with Crippen LogP contribution in [0.1, 0.15) is 20.3 Å². The zero-order valence-electron chi connectivity index (χ0n) is 10.8. The lowest BCUT2D eigenvalue weighted by Gasteiger charge is -2.51. The molecule has 7 nitrogen and oxygen atoms in total. The van der Waals surface area contributed by atoms with Crippen LogP contribution in [0, 0.1) is 5.41 Å². The molecule has 0 aromatic heterocycles. The lowest BCUT2D eigenvalue weighted by molar-refractivity contribution is -0.146. The maximum atomic E-state index is 11.5. The van der Waals surface area contributed by atoms with Crippen LogP contribution in [-0.2, 0) is 9.53 Å². The van der Waals surface area contributed by atoms with Gasteiger partial charge in [0.1, 0.15) is 0 Å². The number of aliphatic hydroxyl groups is 1. The molecule has 0 radical (unpaired) electrons. The van der Waals surface area contributed by atoms with Gasteiger partial charge in [-0.2, -0.15) is 0 Å². The molecule has 1 aliphatic rings. The number of rotatable bonds is 5. The summed E-state index contributed by atoms with van der Waals surface area (Å²) < 4.78 is 5.25. The van der Waals surface area contributed by atoms with E-state index in [4.69, 9.17) is 14.9 Å². The van der Waals surface area contributed by atoms with Crippen molar-refractivity contribution in [1.29, 1.82) is 0 Å². The molecule has 0 aromatic carbocycles. The van der Waals surface area contributed by atoms with Crippen LogP contribution >= 0.6 is 0 Å². The first-order valence-corrected chi connectivity index (χ1v) is 5.77. The van der Waals surface area contributed by atoms with Crippen LogP contribution in [-0.4, -0.2) is 54.1 Å². The van der Waals surface area contributed by atoms with Crippen LogP contribution in [0.3, 0.4) is 0 Å². The number of nitrogens with one attached hydrogen (secondary N) is 2. The molecule has 18 heavy (non-hydrogen) atoms. The zero-order chi connectivity index (χ0) is 13.9. The summed E-state index contributed by atoms with van der Waals surface area (Å²) in [6.07, 6.45) is -0.762. The molecular formula is C11H20N2O5. The number of hydrogen-bond acceptors (Lipinski definition) is 4. The number of ether oxygens (including phenoxy) is 1. The second kappa shape index (κ2) is 5.53. The summed E-state index contributed by atoms with van der Waals surface area (Å²) in [5, 5.41) is 22.5. The minimum atomic E-state index is -1.59. The first kappa shape index (κ1) is 14.7. The van der Waals surface area contributed by atoms with E-state index in [-0.39, 0.29) is 24.1 Å². The van der Waals surface area contributed by atoms with Crippen molar-refractivity contribution >= 4 is 12.0 Å². The Bertz CT molecular complexity index is 331. The molecule has 1 rings (SSSR count). The number of carboxylic acids is 1. The minimum absolute atomic E-state index is 0.0237. The highest BCUT2D eigenvalue weighted by Gasteiger charge is 2.49. The van der Waals surface area contributed by atoms with Crippen molar-refractivity contribution in [2.45, 2.75) is 38.5 Å². The summed E-state index contributed by atoms with van der Waals surface area (Å²) in [5.41, 5.74) is -0.155. The smallest absolute Gasteiger partial charge is 0.334 e. The van der Waals surface area contributed by atoms with Gasteiger partial charge in [0.2, 0.25) is 0 Å². The molecule has 4 N–H and O–H groups in total. The summed E-state index contributed by atoms with van der Waals surface area (Å²) in [4.78, 5) is 21.8. The maximum Gasteiger partial charge on any atom is 0.334 e. The van der Waals surface area contributed by atoms with Gasteiger partial charge in [0.15, 0.2) is 6.10 Å². The third-order valence-electron chi connectivity index (χ3n) is 3.51. The Morgan fingerprint density at radius 2 is 2.11 bits per heavy atom. The van der Waals surface area contributed by atoms with Gasteiger partial charge in [-0.15, -0.1) is 0 Å². The molecule has 0 saturated heterocycles. The minimum Gasteiger partial charge on any atom is -0.479 e. The molecule has 0 aliphatic heterocycles. The predicted octanol–water partition coefficient (Wildman–Crippen LogP) is -0.455. The summed E-state index contributed by atoms with van der Waals surface area (Å²) in [5.74, 6) is -1.36. The van der Waals surface area contributed by atoms with E-state index in [9.17, 15) is 9.59 Å². The number of aliphatic hydroxyl groups excluding tert-OH is 1. The molecule has 0 heterocycles. The average Bonchev–Trinajstić information content (AvgIpc) is 2.30. The molecule has 1 aliphatic carbocycles. The van der Waals surface area contributed by atoms with Crippen molar-refractivity contribution in [2.24, 2.45) is 5.41 Å². The fourth-order valence-corrected chi connectivity index (χ4v) is 2.02. The van der Waals surface area contributed by atoms with Crippen LogP contribution < -0.4 is 10.6 Å². The fraction of sp³-hybridized carbons (Fsp3) is 0.818. The summed E-state index contributed by atoms with van der Waals surface area (Å²) in [6, 6.07) is -0.507. The number of urea groups is 1. The van der Waals surface area contributed by atoms with Gasteiger partial charge in [0.25, 0.3) is 0 Å². The Kier molecular flexibility index (Phi) is 4.53. The van der Waals surface area contributed by atoms with E-state index in [1.54, 1.807) is 7.11 Å². The topological polar surface area (TPSA) is 108 Å². The largest absolute Gasteiger partial charge is 0.479 e. The Morgan fingerprint density at radius 3 is 2.56 bits per heavy atom. The van der Waals surface area contributed by atoms with Gasteiger partial charge in [-0.25, -0.2) is 9.59 Å². The van der Waals surface area contributed by atoms with Gasteiger partial charge in [0, 0.05) is 18.6 Å². The van der Waals surface area contributed by atoms with Gasteiger partial charge in [-0.1, -0.05) is 13.8 Å². The van der Waals surface area contributed by atoms with Gasteiger partial charge in [0.05, 0.1) is 12.6 Å².